The molecule has 1 aromatic rings. The zero-order valence-electron chi connectivity index (χ0n) is 12.5. The molecule has 1 aliphatic rings. The van der Waals surface area contributed by atoms with Crippen LogP contribution < -0.4 is 9.62 Å². The van der Waals surface area contributed by atoms with Crippen LogP contribution in [0.3, 0.4) is 0 Å². The molecule has 0 bridgehead atoms. The summed E-state index contributed by atoms with van der Waals surface area (Å²) in [6, 6.07) is 8.14. The van der Waals surface area contributed by atoms with E-state index in [-0.39, 0.29) is 11.9 Å². The predicted octanol–water partition coefficient (Wildman–Crippen LogP) is 1.90. The summed E-state index contributed by atoms with van der Waals surface area (Å²) in [6.07, 6.45) is 5.31. The third-order valence-electron chi connectivity index (χ3n) is 3.80. The largest absolute Gasteiger partial charge is 0.352 e. The van der Waals surface area contributed by atoms with Crippen LogP contribution >= 0.6 is 0 Å². The van der Waals surface area contributed by atoms with Crippen molar-refractivity contribution in [1.29, 1.82) is 0 Å². The average Bonchev–Trinajstić information content (AvgIpc) is 2.91. The van der Waals surface area contributed by atoms with Gasteiger partial charge in [-0.05, 0) is 31.9 Å². The molecule has 1 amide bonds. The summed E-state index contributed by atoms with van der Waals surface area (Å²) in [5.74, 6) is -0.240. The minimum absolute atomic E-state index is 0.178. The number of benzene rings is 1. The molecule has 5 nitrogen and oxygen atoms in total. The summed E-state index contributed by atoms with van der Waals surface area (Å²) in [6.45, 7) is 1.62. The smallest absolute Gasteiger partial charge is 0.243 e. The maximum atomic E-state index is 12.3. The fraction of sp³-hybridized carbons (Fsp3) is 0.533. The van der Waals surface area contributed by atoms with Gasteiger partial charge in [-0.3, -0.25) is 9.10 Å². The molecule has 0 heterocycles. The van der Waals surface area contributed by atoms with Gasteiger partial charge >= 0.3 is 0 Å². The normalized spacial score (nSPS) is 17.4. The highest BCUT2D eigenvalue weighted by Crippen LogP contribution is 2.22. The number of nitrogens with one attached hydrogen (secondary N) is 1. The highest BCUT2D eigenvalue weighted by Gasteiger charge is 2.30. The highest BCUT2D eigenvalue weighted by atomic mass is 32.2. The molecule has 0 aliphatic heterocycles. The Morgan fingerprint density at radius 1 is 1.24 bits per heavy atom. The van der Waals surface area contributed by atoms with Crippen LogP contribution in [0.25, 0.3) is 0 Å². The van der Waals surface area contributed by atoms with E-state index in [0.29, 0.717) is 5.69 Å². The minimum atomic E-state index is -3.52. The first-order chi connectivity index (χ1) is 9.89. The van der Waals surface area contributed by atoms with Crippen molar-refractivity contribution >= 4 is 21.6 Å². The minimum Gasteiger partial charge on any atom is -0.352 e. The molecule has 6 heteroatoms. The van der Waals surface area contributed by atoms with Gasteiger partial charge in [-0.1, -0.05) is 31.0 Å². The first kappa shape index (κ1) is 15.8. The molecule has 2 rings (SSSR count). The molecule has 1 saturated carbocycles. The molecule has 116 valence electrons. The first-order valence-electron chi connectivity index (χ1n) is 7.24. The number of rotatable bonds is 5. The van der Waals surface area contributed by atoms with Gasteiger partial charge in [0.2, 0.25) is 15.9 Å². The van der Waals surface area contributed by atoms with Gasteiger partial charge in [0.25, 0.3) is 0 Å². The highest BCUT2D eigenvalue weighted by molar-refractivity contribution is 7.92. The monoisotopic (exact) mass is 310 g/mol. The Morgan fingerprint density at radius 2 is 1.81 bits per heavy atom. The molecule has 0 unspecified atom stereocenters. The van der Waals surface area contributed by atoms with Crippen molar-refractivity contribution in [3.63, 3.8) is 0 Å². The first-order valence-corrected chi connectivity index (χ1v) is 9.09. The van der Waals surface area contributed by atoms with Crippen LogP contribution in [0.4, 0.5) is 5.69 Å². The molecular formula is C15H22N2O3S. The summed E-state index contributed by atoms with van der Waals surface area (Å²) >= 11 is 0. The van der Waals surface area contributed by atoms with E-state index < -0.39 is 16.1 Å². The van der Waals surface area contributed by atoms with Crippen molar-refractivity contribution in [2.75, 3.05) is 10.6 Å². The van der Waals surface area contributed by atoms with Crippen LogP contribution in [0.2, 0.25) is 0 Å². The van der Waals surface area contributed by atoms with E-state index in [1.54, 1.807) is 31.2 Å². The van der Waals surface area contributed by atoms with Crippen molar-refractivity contribution in [2.24, 2.45) is 0 Å². The maximum Gasteiger partial charge on any atom is 0.243 e. The van der Waals surface area contributed by atoms with E-state index in [1.165, 1.54) is 4.31 Å². The summed E-state index contributed by atoms with van der Waals surface area (Å²) in [4.78, 5) is 12.3. The van der Waals surface area contributed by atoms with E-state index in [2.05, 4.69) is 5.32 Å². The van der Waals surface area contributed by atoms with Gasteiger partial charge in [0.15, 0.2) is 0 Å². The van der Waals surface area contributed by atoms with Crippen LogP contribution in [0.1, 0.15) is 32.6 Å². The molecule has 1 aromatic carbocycles. The molecule has 1 atom stereocenters. The van der Waals surface area contributed by atoms with Crippen molar-refractivity contribution in [2.45, 2.75) is 44.7 Å². The maximum absolute atomic E-state index is 12.3. The van der Waals surface area contributed by atoms with Crippen LogP contribution in [-0.2, 0) is 14.8 Å². The number of hydrogen-bond acceptors (Lipinski definition) is 3. The Labute approximate surface area is 126 Å². The lowest BCUT2D eigenvalue weighted by molar-refractivity contribution is -0.122. The average molecular weight is 310 g/mol. The van der Waals surface area contributed by atoms with Gasteiger partial charge in [0.1, 0.15) is 6.04 Å². The van der Waals surface area contributed by atoms with E-state index in [9.17, 15) is 13.2 Å². The van der Waals surface area contributed by atoms with Crippen molar-refractivity contribution in [3.8, 4) is 0 Å². The number of amides is 1. The molecule has 0 radical (unpaired) electrons. The predicted molar refractivity (Wildman–Crippen MR) is 83.6 cm³/mol. The van der Waals surface area contributed by atoms with Gasteiger partial charge < -0.3 is 5.32 Å². The third kappa shape index (κ3) is 3.97. The van der Waals surface area contributed by atoms with Crippen molar-refractivity contribution < 1.29 is 13.2 Å². The quantitative estimate of drug-likeness (QED) is 0.903. The van der Waals surface area contributed by atoms with Crippen molar-refractivity contribution in [1.82, 2.24) is 5.32 Å². The Morgan fingerprint density at radius 3 is 2.33 bits per heavy atom. The Bertz CT molecular complexity index is 580. The Hall–Kier alpha value is -1.56. The zero-order valence-corrected chi connectivity index (χ0v) is 13.3. The summed E-state index contributed by atoms with van der Waals surface area (Å²) in [7, 11) is -3.52. The molecule has 1 fully saturated rings. The Balaban J connectivity index is 2.18. The van der Waals surface area contributed by atoms with Crippen LogP contribution in [-0.4, -0.2) is 32.7 Å². The second-order valence-corrected chi connectivity index (χ2v) is 7.42. The number of hydrogen-bond donors (Lipinski definition) is 1. The second-order valence-electron chi connectivity index (χ2n) is 5.56. The molecule has 21 heavy (non-hydrogen) atoms. The standard InChI is InChI=1S/C15H22N2O3S/c1-12(15(18)16-13-8-6-7-9-13)17(21(2,19)20)14-10-4-3-5-11-14/h3-5,10-13H,6-9H2,1-2H3,(H,16,18)/t12-/m1/s1. The van der Waals surface area contributed by atoms with Gasteiger partial charge in [-0.2, -0.15) is 0 Å². The van der Waals surface area contributed by atoms with E-state index in [0.717, 1.165) is 31.9 Å². The number of para-hydroxylation sites is 1. The topological polar surface area (TPSA) is 66.5 Å². The molecule has 0 aromatic heterocycles. The lowest BCUT2D eigenvalue weighted by Crippen LogP contribution is -2.49. The fourth-order valence-corrected chi connectivity index (χ4v) is 3.95. The summed E-state index contributed by atoms with van der Waals surface area (Å²) < 4.78 is 25.3. The van der Waals surface area contributed by atoms with Crippen LogP contribution in [0.15, 0.2) is 30.3 Å². The summed E-state index contributed by atoms with van der Waals surface area (Å²) in [5, 5.41) is 2.96. The number of sulfonamides is 1. The van der Waals surface area contributed by atoms with E-state index >= 15 is 0 Å². The second kappa shape index (κ2) is 6.47. The molecular weight excluding hydrogens is 288 g/mol. The molecule has 1 aliphatic carbocycles. The van der Waals surface area contributed by atoms with Gasteiger partial charge in [-0.15, -0.1) is 0 Å². The molecule has 1 N–H and O–H groups in total. The van der Waals surface area contributed by atoms with Gasteiger partial charge in [0.05, 0.1) is 11.9 Å². The molecule has 0 spiro atoms. The Kier molecular flexibility index (Phi) is 4.88. The summed E-state index contributed by atoms with van der Waals surface area (Å²) in [5.41, 5.74) is 0.508. The lowest BCUT2D eigenvalue weighted by atomic mass is 10.2. The fourth-order valence-electron chi connectivity index (χ4n) is 2.78. The SMILES string of the molecule is C[C@H](C(=O)NC1CCCC1)N(c1ccccc1)S(C)(=O)=O. The zero-order chi connectivity index (χ0) is 15.5. The van der Waals surface area contributed by atoms with E-state index in [4.69, 9.17) is 0 Å². The van der Waals surface area contributed by atoms with Crippen molar-refractivity contribution in [3.05, 3.63) is 30.3 Å². The van der Waals surface area contributed by atoms with Gasteiger partial charge in [0, 0.05) is 6.04 Å². The van der Waals surface area contributed by atoms with E-state index in [1.807, 2.05) is 6.07 Å². The number of carbonyl (C=O) groups excluding carboxylic acids is 1. The number of anilines is 1. The van der Waals surface area contributed by atoms with Crippen LogP contribution in [0.5, 0.6) is 0 Å². The lowest BCUT2D eigenvalue weighted by Gasteiger charge is -2.29. The third-order valence-corrected chi connectivity index (χ3v) is 5.04. The number of carbonyl (C=O) groups is 1. The van der Waals surface area contributed by atoms with Crippen LogP contribution in [0, 0.1) is 0 Å². The molecule has 0 saturated heterocycles. The van der Waals surface area contributed by atoms with Gasteiger partial charge in [-0.25, -0.2) is 8.42 Å². The number of nitrogens with zero attached hydrogens (tertiary/aromatic N) is 1.